The minimum atomic E-state index is -0.415. The summed E-state index contributed by atoms with van der Waals surface area (Å²) in [7, 11) is 3.55. The Bertz CT molecular complexity index is 966. The van der Waals surface area contributed by atoms with Crippen LogP contribution in [0.3, 0.4) is 0 Å². The molecule has 138 valence electrons. The molecular weight excluding hydrogens is 340 g/mol. The van der Waals surface area contributed by atoms with Crippen molar-refractivity contribution in [3.8, 4) is 5.75 Å². The fourth-order valence-electron chi connectivity index (χ4n) is 3.59. The number of amides is 2. The first-order valence-electron chi connectivity index (χ1n) is 8.95. The number of methoxy groups -OCH3 is 1. The number of fused-ring (bicyclic) bond motifs is 1. The van der Waals surface area contributed by atoms with Crippen LogP contribution in [0.15, 0.2) is 60.9 Å². The molecule has 6 heteroatoms. The van der Waals surface area contributed by atoms with Gasteiger partial charge >= 0.3 is 6.03 Å². The van der Waals surface area contributed by atoms with Gasteiger partial charge in [-0.05, 0) is 24.1 Å². The van der Waals surface area contributed by atoms with E-state index in [-0.39, 0.29) is 6.03 Å². The van der Waals surface area contributed by atoms with Crippen LogP contribution >= 0.6 is 0 Å². The Kier molecular flexibility index (Phi) is 4.54. The Balaban J connectivity index is 1.68. The molecule has 27 heavy (non-hydrogen) atoms. The molecule has 0 saturated heterocycles. The van der Waals surface area contributed by atoms with E-state index >= 15 is 0 Å². The van der Waals surface area contributed by atoms with Crippen LogP contribution in [-0.4, -0.2) is 29.2 Å². The molecule has 2 amide bonds. The second kappa shape index (κ2) is 7.15. The molecule has 4 rings (SSSR count). The monoisotopic (exact) mass is 362 g/mol. The summed E-state index contributed by atoms with van der Waals surface area (Å²) in [5.41, 5.74) is 3.03. The molecule has 1 unspecified atom stereocenters. The number of rotatable bonds is 4. The van der Waals surface area contributed by atoms with Crippen molar-refractivity contribution in [2.24, 2.45) is 7.05 Å². The number of nitrogens with one attached hydrogen (secondary N) is 1. The fraction of sp³-hybridized carbons (Fsp3) is 0.238. The van der Waals surface area contributed by atoms with Crippen molar-refractivity contribution in [3.05, 3.63) is 77.9 Å². The summed E-state index contributed by atoms with van der Waals surface area (Å²) in [4.78, 5) is 19.4. The molecule has 1 aliphatic rings. The number of carbonyl (C=O) groups excluding carboxylic acids is 1. The van der Waals surface area contributed by atoms with Crippen LogP contribution < -0.4 is 15.0 Å². The van der Waals surface area contributed by atoms with Gasteiger partial charge < -0.3 is 14.6 Å². The van der Waals surface area contributed by atoms with Crippen molar-refractivity contribution >= 4 is 11.7 Å². The molecule has 1 aliphatic heterocycles. The molecular formula is C21H22N4O2. The first kappa shape index (κ1) is 17.1. The Morgan fingerprint density at radius 3 is 2.74 bits per heavy atom. The molecule has 0 fully saturated rings. The Morgan fingerprint density at radius 2 is 1.96 bits per heavy atom. The van der Waals surface area contributed by atoms with Gasteiger partial charge in [0.1, 0.15) is 17.6 Å². The summed E-state index contributed by atoms with van der Waals surface area (Å²) >= 11 is 0. The molecule has 0 saturated carbocycles. The Labute approximate surface area is 158 Å². The number of anilines is 1. The van der Waals surface area contributed by atoms with E-state index in [1.807, 2.05) is 60.3 Å². The molecule has 1 aromatic heterocycles. The van der Waals surface area contributed by atoms with E-state index < -0.39 is 6.04 Å². The minimum absolute atomic E-state index is 0.140. The number of nitrogens with zero attached hydrogens (tertiary/aromatic N) is 3. The second-order valence-corrected chi connectivity index (χ2v) is 6.55. The van der Waals surface area contributed by atoms with E-state index in [1.54, 1.807) is 18.2 Å². The minimum Gasteiger partial charge on any atom is -0.496 e. The van der Waals surface area contributed by atoms with E-state index in [4.69, 9.17) is 4.74 Å². The van der Waals surface area contributed by atoms with Crippen molar-refractivity contribution in [3.63, 3.8) is 0 Å². The van der Waals surface area contributed by atoms with Crippen LogP contribution in [0, 0.1) is 0 Å². The topological polar surface area (TPSA) is 59.4 Å². The summed E-state index contributed by atoms with van der Waals surface area (Å²) in [6.07, 6.45) is 4.47. The van der Waals surface area contributed by atoms with Crippen molar-refractivity contribution in [1.29, 1.82) is 0 Å². The molecule has 3 aromatic rings. The summed E-state index contributed by atoms with van der Waals surface area (Å²) in [6.45, 7) is 0.671. The third kappa shape index (κ3) is 3.14. The Hall–Kier alpha value is -3.28. The standard InChI is InChI=1S/C21H22N4O2/c1-24-14-12-22-20(24)19(16-8-4-6-10-18(16)27-2)23-21(26)25-13-11-15-7-3-5-9-17(15)25/h3-10,12,14,19H,11,13H2,1-2H3,(H,23,26). The summed E-state index contributed by atoms with van der Waals surface area (Å²) in [6, 6.07) is 15.2. The smallest absolute Gasteiger partial charge is 0.322 e. The van der Waals surface area contributed by atoms with Gasteiger partial charge in [-0.2, -0.15) is 0 Å². The number of hydrogen-bond donors (Lipinski definition) is 1. The first-order chi connectivity index (χ1) is 13.2. The van der Waals surface area contributed by atoms with Gasteiger partial charge in [-0.1, -0.05) is 36.4 Å². The number of hydrogen-bond acceptors (Lipinski definition) is 3. The maximum Gasteiger partial charge on any atom is 0.322 e. The van der Waals surface area contributed by atoms with Gasteiger partial charge in [0.25, 0.3) is 0 Å². The zero-order valence-corrected chi connectivity index (χ0v) is 15.4. The van der Waals surface area contributed by atoms with Gasteiger partial charge in [0, 0.05) is 37.2 Å². The van der Waals surface area contributed by atoms with Crippen molar-refractivity contribution in [2.75, 3.05) is 18.6 Å². The highest BCUT2D eigenvalue weighted by molar-refractivity contribution is 5.94. The lowest BCUT2D eigenvalue weighted by atomic mass is 10.0. The lowest BCUT2D eigenvalue weighted by Gasteiger charge is -2.25. The van der Waals surface area contributed by atoms with Gasteiger partial charge in [-0.3, -0.25) is 4.90 Å². The highest BCUT2D eigenvalue weighted by atomic mass is 16.5. The van der Waals surface area contributed by atoms with E-state index in [2.05, 4.69) is 16.4 Å². The molecule has 0 aliphatic carbocycles. The van der Waals surface area contributed by atoms with Gasteiger partial charge in [-0.15, -0.1) is 0 Å². The summed E-state index contributed by atoms with van der Waals surface area (Å²) in [5.74, 6) is 1.47. The second-order valence-electron chi connectivity index (χ2n) is 6.55. The molecule has 2 aromatic carbocycles. The Morgan fingerprint density at radius 1 is 1.19 bits per heavy atom. The first-order valence-corrected chi connectivity index (χ1v) is 8.95. The predicted molar refractivity (Wildman–Crippen MR) is 104 cm³/mol. The number of para-hydroxylation sites is 2. The summed E-state index contributed by atoms with van der Waals surface area (Å²) < 4.78 is 7.44. The van der Waals surface area contributed by atoms with E-state index in [0.717, 1.165) is 23.5 Å². The van der Waals surface area contributed by atoms with Crippen LogP contribution in [0.5, 0.6) is 5.75 Å². The third-order valence-corrected chi connectivity index (χ3v) is 4.97. The number of urea groups is 1. The summed E-state index contributed by atoms with van der Waals surface area (Å²) in [5, 5.41) is 3.16. The van der Waals surface area contributed by atoms with Gasteiger partial charge in [0.2, 0.25) is 0 Å². The lowest BCUT2D eigenvalue weighted by Crippen LogP contribution is -2.42. The third-order valence-electron chi connectivity index (χ3n) is 4.97. The number of ether oxygens (including phenoxy) is 1. The molecule has 0 radical (unpaired) electrons. The quantitative estimate of drug-likeness (QED) is 0.775. The number of aryl methyl sites for hydroxylation is 1. The van der Waals surface area contributed by atoms with Crippen LogP contribution in [-0.2, 0) is 13.5 Å². The predicted octanol–water partition coefficient (Wildman–Crippen LogP) is 3.29. The SMILES string of the molecule is COc1ccccc1C(NC(=O)N1CCc2ccccc21)c1nccn1C. The van der Waals surface area contributed by atoms with Crippen LogP contribution in [0.1, 0.15) is 23.0 Å². The van der Waals surface area contributed by atoms with E-state index in [0.29, 0.717) is 12.3 Å². The van der Waals surface area contributed by atoms with Gasteiger partial charge in [-0.25, -0.2) is 9.78 Å². The number of carbonyl (C=O) groups is 1. The number of aromatic nitrogens is 2. The molecule has 0 bridgehead atoms. The fourth-order valence-corrected chi connectivity index (χ4v) is 3.59. The van der Waals surface area contributed by atoms with Crippen molar-refractivity contribution in [1.82, 2.24) is 14.9 Å². The highest BCUT2D eigenvalue weighted by Gasteiger charge is 2.29. The molecule has 6 nitrogen and oxygen atoms in total. The average molecular weight is 362 g/mol. The largest absolute Gasteiger partial charge is 0.496 e. The average Bonchev–Trinajstić information content (AvgIpc) is 3.32. The van der Waals surface area contributed by atoms with Crippen molar-refractivity contribution in [2.45, 2.75) is 12.5 Å². The number of imidazole rings is 1. The normalized spacial score (nSPS) is 13.9. The zero-order valence-electron chi connectivity index (χ0n) is 15.4. The zero-order chi connectivity index (χ0) is 18.8. The molecule has 1 atom stereocenters. The van der Waals surface area contributed by atoms with Crippen LogP contribution in [0.25, 0.3) is 0 Å². The molecule has 2 heterocycles. The maximum atomic E-state index is 13.1. The number of benzene rings is 2. The van der Waals surface area contributed by atoms with Gasteiger partial charge in [0.05, 0.1) is 7.11 Å². The molecule has 0 spiro atoms. The van der Waals surface area contributed by atoms with E-state index in [9.17, 15) is 4.79 Å². The van der Waals surface area contributed by atoms with Gasteiger partial charge in [0.15, 0.2) is 0 Å². The van der Waals surface area contributed by atoms with Crippen LogP contribution in [0.2, 0.25) is 0 Å². The molecule has 1 N–H and O–H groups in total. The van der Waals surface area contributed by atoms with E-state index in [1.165, 1.54) is 5.56 Å². The highest BCUT2D eigenvalue weighted by Crippen LogP contribution is 2.31. The lowest BCUT2D eigenvalue weighted by molar-refractivity contribution is 0.244. The van der Waals surface area contributed by atoms with Crippen molar-refractivity contribution < 1.29 is 9.53 Å². The van der Waals surface area contributed by atoms with Crippen LogP contribution in [0.4, 0.5) is 10.5 Å². The maximum absolute atomic E-state index is 13.1.